The predicted octanol–water partition coefficient (Wildman–Crippen LogP) is 2.45. The number of hydrazine groups is 1. The number of nitrogens with two attached hydrogens (primary N) is 1. The van der Waals surface area contributed by atoms with Crippen LogP contribution in [-0.2, 0) is 0 Å². The van der Waals surface area contributed by atoms with Gasteiger partial charge in [0, 0.05) is 5.56 Å². The monoisotopic (exact) mass is 216 g/mol. The number of hydrogen-bond acceptors (Lipinski definition) is 3. The Kier molecular flexibility index (Phi) is 3.08. The molecule has 3 nitrogen and oxygen atoms in total. The fourth-order valence-electron chi connectivity index (χ4n) is 1.88. The van der Waals surface area contributed by atoms with Crippen molar-refractivity contribution in [1.29, 1.82) is 0 Å². The zero-order valence-electron chi connectivity index (χ0n) is 9.53. The number of nitrogens with one attached hydrogen (secondary N) is 1. The van der Waals surface area contributed by atoms with Crippen molar-refractivity contribution in [3.8, 4) is 0 Å². The molecule has 1 atom stereocenters. The molecule has 2 aromatic rings. The summed E-state index contributed by atoms with van der Waals surface area (Å²) < 4.78 is 5.09. The summed E-state index contributed by atoms with van der Waals surface area (Å²) in [6, 6.07) is 8.26. The van der Waals surface area contributed by atoms with E-state index in [-0.39, 0.29) is 6.04 Å². The van der Waals surface area contributed by atoms with E-state index in [0.29, 0.717) is 0 Å². The Morgan fingerprint density at radius 1 is 1.25 bits per heavy atom. The van der Waals surface area contributed by atoms with E-state index in [1.54, 1.807) is 12.5 Å². The first-order chi connectivity index (χ1) is 7.72. The van der Waals surface area contributed by atoms with Crippen LogP contribution in [0.25, 0.3) is 0 Å². The van der Waals surface area contributed by atoms with Crippen LogP contribution in [-0.4, -0.2) is 0 Å². The average molecular weight is 216 g/mol. The standard InChI is InChI=1S/C13H16N2O/c1-9-3-4-10(2)12(7-9)13(15-14)11-5-6-16-8-11/h3-8,13,15H,14H2,1-2H3. The maximum absolute atomic E-state index is 5.62. The maximum Gasteiger partial charge on any atom is 0.0954 e. The Morgan fingerprint density at radius 3 is 2.69 bits per heavy atom. The van der Waals surface area contributed by atoms with Gasteiger partial charge in [-0.1, -0.05) is 23.8 Å². The molecule has 2 rings (SSSR count). The van der Waals surface area contributed by atoms with E-state index in [2.05, 4.69) is 37.5 Å². The molecule has 0 saturated heterocycles. The molecule has 0 fully saturated rings. The third-order valence-electron chi connectivity index (χ3n) is 2.79. The number of rotatable bonds is 3. The summed E-state index contributed by atoms with van der Waals surface area (Å²) in [5.74, 6) is 5.62. The molecular formula is C13H16N2O. The molecule has 0 saturated carbocycles. The third kappa shape index (κ3) is 2.01. The van der Waals surface area contributed by atoms with Gasteiger partial charge in [-0.3, -0.25) is 5.84 Å². The van der Waals surface area contributed by atoms with Crippen LogP contribution < -0.4 is 11.3 Å². The Labute approximate surface area is 95.2 Å². The van der Waals surface area contributed by atoms with Gasteiger partial charge in [-0.2, -0.15) is 0 Å². The Hall–Kier alpha value is -1.58. The van der Waals surface area contributed by atoms with Gasteiger partial charge in [0.2, 0.25) is 0 Å². The lowest BCUT2D eigenvalue weighted by molar-refractivity contribution is 0.553. The molecule has 0 aliphatic heterocycles. The highest BCUT2D eigenvalue weighted by Crippen LogP contribution is 2.25. The minimum atomic E-state index is -0.0151. The smallest absolute Gasteiger partial charge is 0.0954 e. The molecule has 1 aromatic heterocycles. The van der Waals surface area contributed by atoms with Gasteiger partial charge < -0.3 is 4.42 Å². The molecule has 84 valence electrons. The number of aryl methyl sites for hydroxylation is 2. The average Bonchev–Trinajstić information content (AvgIpc) is 2.78. The fourth-order valence-corrected chi connectivity index (χ4v) is 1.88. The van der Waals surface area contributed by atoms with Gasteiger partial charge >= 0.3 is 0 Å². The summed E-state index contributed by atoms with van der Waals surface area (Å²) in [6.45, 7) is 4.16. The van der Waals surface area contributed by atoms with Crippen molar-refractivity contribution in [2.45, 2.75) is 19.9 Å². The van der Waals surface area contributed by atoms with Crippen molar-refractivity contribution in [2.75, 3.05) is 0 Å². The number of furan rings is 1. The molecule has 1 heterocycles. The summed E-state index contributed by atoms with van der Waals surface area (Å²) in [5.41, 5.74) is 7.49. The molecule has 1 aromatic carbocycles. The minimum absolute atomic E-state index is 0.0151. The van der Waals surface area contributed by atoms with E-state index in [4.69, 9.17) is 10.3 Å². The van der Waals surface area contributed by atoms with Crippen LogP contribution in [0.15, 0.2) is 41.2 Å². The molecule has 0 spiro atoms. The maximum atomic E-state index is 5.62. The molecule has 0 radical (unpaired) electrons. The third-order valence-corrected chi connectivity index (χ3v) is 2.79. The van der Waals surface area contributed by atoms with Crippen molar-refractivity contribution in [2.24, 2.45) is 5.84 Å². The quantitative estimate of drug-likeness (QED) is 0.612. The van der Waals surface area contributed by atoms with Gasteiger partial charge in [-0.25, -0.2) is 5.43 Å². The van der Waals surface area contributed by atoms with Crippen LogP contribution in [0.1, 0.15) is 28.3 Å². The highest BCUT2D eigenvalue weighted by atomic mass is 16.3. The molecule has 1 unspecified atom stereocenters. The van der Waals surface area contributed by atoms with E-state index in [1.165, 1.54) is 16.7 Å². The van der Waals surface area contributed by atoms with Crippen LogP contribution >= 0.6 is 0 Å². The van der Waals surface area contributed by atoms with E-state index in [0.717, 1.165) is 5.56 Å². The second-order valence-corrected chi connectivity index (χ2v) is 4.02. The first-order valence-electron chi connectivity index (χ1n) is 5.27. The summed E-state index contributed by atoms with van der Waals surface area (Å²) in [6.07, 6.45) is 3.37. The van der Waals surface area contributed by atoms with E-state index in [9.17, 15) is 0 Å². The molecule has 3 N–H and O–H groups in total. The molecule has 3 heteroatoms. The normalized spacial score (nSPS) is 12.7. The summed E-state index contributed by atoms with van der Waals surface area (Å²) in [5, 5.41) is 0. The van der Waals surface area contributed by atoms with Gasteiger partial charge in [0.1, 0.15) is 0 Å². The van der Waals surface area contributed by atoms with Crippen molar-refractivity contribution in [3.05, 3.63) is 59.0 Å². The van der Waals surface area contributed by atoms with E-state index in [1.807, 2.05) is 6.07 Å². The molecule has 16 heavy (non-hydrogen) atoms. The Morgan fingerprint density at radius 2 is 2.06 bits per heavy atom. The van der Waals surface area contributed by atoms with Crippen molar-refractivity contribution in [3.63, 3.8) is 0 Å². The number of hydrogen-bond donors (Lipinski definition) is 2. The van der Waals surface area contributed by atoms with Gasteiger partial charge in [0.15, 0.2) is 0 Å². The topological polar surface area (TPSA) is 51.2 Å². The van der Waals surface area contributed by atoms with E-state index < -0.39 is 0 Å². The van der Waals surface area contributed by atoms with Crippen LogP contribution in [0.4, 0.5) is 0 Å². The van der Waals surface area contributed by atoms with E-state index >= 15 is 0 Å². The van der Waals surface area contributed by atoms with Gasteiger partial charge in [-0.05, 0) is 31.0 Å². The lowest BCUT2D eigenvalue weighted by Gasteiger charge is -2.17. The second-order valence-electron chi connectivity index (χ2n) is 4.02. The van der Waals surface area contributed by atoms with Crippen LogP contribution in [0.2, 0.25) is 0 Å². The fraction of sp³-hybridized carbons (Fsp3) is 0.231. The predicted molar refractivity (Wildman–Crippen MR) is 63.8 cm³/mol. The first kappa shape index (κ1) is 10.9. The molecule has 0 amide bonds. The SMILES string of the molecule is Cc1ccc(C)c(C(NN)c2ccoc2)c1. The highest BCUT2D eigenvalue weighted by Gasteiger charge is 2.15. The molecular weight excluding hydrogens is 200 g/mol. The first-order valence-corrected chi connectivity index (χ1v) is 5.27. The molecule has 0 bridgehead atoms. The Balaban J connectivity index is 2.44. The van der Waals surface area contributed by atoms with Gasteiger partial charge in [0.25, 0.3) is 0 Å². The van der Waals surface area contributed by atoms with Crippen molar-refractivity contribution in [1.82, 2.24) is 5.43 Å². The van der Waals surface area contributed by atoms with Crippen LogP contribution in [0.3, 0.4) is 0 Å². The summed E-state index contributed by atoms with van der Waals surface area (Å²) in [7, 11) is 0. The van der Waals surface area contributed by atoms with Gasteiger partial charge in [0.05, 0.1) is 18.6 Å². The van der Waals surface area contributed by atoms with Crippen molar-refractivity contribution >= 4 is 0 Å². The van der Waals surface area contributed by atoms with Crippen LogP contribution in [0, 0.1) is 13.8 Å². The van der Waals surface area contributed by atoms with Gasteiger partial charge in [-0.15, -0.1) is 0 Å². The van der Waals surface area contributed by atoms with Crippen LogP contribution in [0.5, 0.6) is 0 Å². The van der Waals surface area contributed by atoms with Crippen molar-refractivity contribution < 1.29 is 4.42 Å². The largest absolute Gasteiger partial charge is 0.472 e. The summed E-state index contributed by atoms with van der Waals surface area (Å²) in [4.78, 5) is 0. The summed E-state index contributed by atoms with van der Waals surface area (Å²) >= 11 is 0. The number of benzene rings is 1. The zero-order valence-corrected chi connectivity index (χ0v) is 9.53. The lowest BCUT2D eigenvalue weighted by Crippen LogP contribution is -2.29. The molecule has 0 aliphatic rings. The lowest BCUT2D eigenvalue weighted by atomic mass is 9.96. The molecule has 0 aliphatic carbocycles. The highest BCUT2D eigenvalue weighted by molar-refractivity contribution is 5.37. The zero-order chi connectivity index (χ0) is 11.5. The second kappa shape index (κ2) is 4.51. The minimum Gasteiger partial charge on any atom is -0.472 e. The Bertz CT molecular complexity index is 463.